The molecular formula is C76H132O6. The van der Waals surface area contributed by atoms with Crippen LogP contribution in [0.25, 0.3) is 0 Å². The summed E-state index contributed by atoms with van der Waals surface area (Å²) >= 11 is 0. The fourth-order valence-electron chi connectivity index (χ4n) is 10.1. The van der Waals surface area contributed by atoms with Gasteiger partial charge >= 0.3 is 17.9 Å². The number of hydrogen-bond donors (Lipinski definition) is 0. The molecule has 6 heteroatoms. The Morgan fingerprint density at radius 2 is 0.476 bits per heavy atom. The Labute approximate surface area is 508 Å². The van der Waals surface area contributed by atoms with Crippen LogP contribution in [0.2, 0.25) is 0 Å². The Bertz CT molecular complexity index is 1590. The predicted molar refractivity (Wildman–Crippen MR) is 357 cm³/mol. The molecule has 472 valence electrons. The molecule has 0 aromatic heterocycles. The second-order valence-corrected chi connectivity index (χ2v) is 23.4. The molecule has 0 aromatic carbocycles. The molecule has 0 amide bonds. The largest absolute Gasteiger partial charge is 0.462 e. The summed E-state index contributed by atoms with van der Waals surface area (Å²) in [5, 5.41) is 0. The van der Waals surface area contributed by atoms with Crippen molar-refractivity contribution in [3.05, 3.63) is 97.2 Å². The van der Waals surface area contributed by atoms with Crippen LogP contribution in [0.5, 0.6) is 0 Å². The summed E-state index contributed by atoms with van der Waals surface area (Å²) < 4.78 is 17.0. The van der Waals surface area contributed by atoms with Crippen molar-refractivity contribution in [3.8, 4) is 0 Å². The van der Waals surface area contributed by atoms with Gasteiger partial charge < -0.3 is 14.2 Å². The lowest BCUT2D eigenvalue weighted by molar-refractivity contribution is -0.167. The van der Waals surface area contributed by atoms with Crippen molar-refractivity contribution >= 4 is 17.9 Å². The van der Waals surface area contributed by atoms with E-state index in [4.69, 9.17) is 14.2 Å². The van der Waals surface area contributed by atoms with E-state index in [1.807, 2.05) is 0 Å². The number of esters is 3. The first-order valence-electron chi connectivity index (χ1n) is 35.2. The average molecular weight is 1140 g/mol. The van der Waals surface area contributed by atoms with E-state index in [-0.39, 0.29) is 31.1 Å². The molecule has 0 radical (unpaired) electrons. The summed E-state index contributed by atoms with van der Waals surface area (Å²) in [5.74, 6) is -0.875. The zero-order valence-corrected chi connectivity index (χ0v) is 54.2. The Kier molecular flexibility index (Phi) is 66.7. The van der Waals surface area contributed by atoms with Gasteiger partial charge in [-0.05, 0) is 103 Å². The number of rotatable bonds is 64. The van der Waals surface area contributed by atoms with Gasteiger partial charge in [0, 0.05) is 19.3 Å². The van der Waals surface area contributed by atoms with Gasteiger partial charge in [-0.25, -0.2) is 0 Å². The number of carbonyl (C=O) groups excluding carboxylic acids is 3. The highest BCUT2D eigenvalue weighted by Crippen LogP contribution is 2.17. The highest BCUT2D eigenvalue weighted by atomic mass is 16.6. The maximum Gasteiger partial charge on any atom is 0.306 e. The predicted octanol–water partition coefficient (Wildman–Crippen LogP) is 24.4. The van der Waals surface area contributed by atoms with Crippen molar-refractivity contribution in [3.63, 3.8) is 0 Å². The van der Waals surface area contributed by atoms with Crippen LogP contribution in [-0.2, 0) is 28.6 Å². The van der Waals surface area contributed by atoms with Crippen molar-refractivity contribution in [2.24, 2.45) is 0 Å². The molecule has 0 fully saturated rings. The molecule has 0 saturated carbocycles. The molecule has 0 aliphatic rings. The van der Waals surface area contributed by atoms with E-state index < -0.39 is 6.10 Å². The molecule has 1 unspecified atom stereocenters. The minimum Gasteiger partial charge on any atom is -0.462 e. The van der Waals surface area contributed by atoms with Crippen LogP contribution in [0.3, 0.4) is 0 Å². The second kappa shape index (κ2) is 69.8. The molecule has 0 aromatic rings. The summed E-state index contributed by atoms with van der Waals surface area (Å²) in [6.07, 6.45) is 94.2. The quantitative estimate of drug-likeness (QED) is 0.0261. The van der Waals surface area contributed by atoms with Crippen LogP contribution in [0.15, 0.2) is 97.2 Å². The molecule has 6 nitrogen and oxygen atoms in total. The first-order valence-corrected chi connectivity index (χ1v) is 35.2. The molecule has 0 spiro atoms. The Morgan fingerprint density at radius 1 is 0.256 bits per heavy atom. The van der Waals surface area contributed by atoms with Crippen LogP contribution in [0.1, 0.15) is 348 Å². The third kappa shape index (κ3) is 67.1. The zero-order chi connectivity index (χ0) is 59.2. The molecule has 0 bridgehead atoms. The molecule has 0 N–H and O–H groups in total. The molecule has 0 rings (SSSR count). The number of carbonyl (C=O) groups is 3. The standard InChI is InChI=1S/C76H132O6/c1-4-7-10-13-16-19-22-25-28-31-33-34-35-36-37-38-39-40-41-42-44-45-48-51-54-57-60-63-66-69-75(78)81-72-73(71-80-74(77)68-65-62-59-56-53-50-47-30-27-24-21-18-15-12-9-6-3)82-76(79)70-67-64-61-58-55-52-49-46-43-32-29-26-23-20-17-14-11-8-5-2/h7,10,16-17,19-20,25-26,28-29,33-34,36-37,43,46,73H,4-6,8-9,11-15,18,21-24,27,30-32,35,38-42,44-45,47-72H2,1-3H3/b10-7-,19-16-,20-17-,28-25-,29-26-,34-33-,37-36-,46-43-. The lowest BCUT2D eigenvalue weighted by Crippen LogP contribution is -2.30. The van der Waals surface area contributed by atoms with E-state index in [2.05, 4.69) is 118 Å². The van der Waals surface area contributed by atoms with Crippen molar-refractivity contribution in [1.29, 1.82) is 0 Å². The maximum atomic E-state index is 12.9. The van der Waals surface area contributed by atoms with Gasteiger partial charge in [0.2, 0.25) is 0 Å². The topological polar surface area (TPSA) is 78.9 Å². The highest BCUT2D eigenvalue weighted by molar-refractivity contribution is 5.71. The van der Waals surface area contributed by atoms with Crippen LogP contribution >= 0.6 is 0 Å². The van der Waals surface area contributed by atoms with Crippen LogP contribution in [-0.4, -0.2) is 37.2 Å². The number of hydrogen-bond acceptors (Lipinski definition) is 6. The van der Waals surface area contributed by atoms with Crippen LogP contribution in [0, 0.1) is 0 Å². The van der Waals surface area contributed by atoms with Gasteiger partial charge in [-0.3, -0.25) is 14.4 Å². The first kappa shape index (κ1) is 78.3. The summed E-state index contributed by atoms with van der Waals surface area (Å²) in [6, 6.07) is 0. The van der Waals surface area contributed by atoms with Gasteiger partial charge in [0.05, 0.1) is 0 Å². The zero-order valence-electron chi connectivity index (χ0n) is 54.2. The van der Waals surface area contributed by atoms with E-state index in [9.17, 15) is 14.4 Å². The first-order chi connectivity index (χ1) is 40.5. The minimum absolute atomic E-state index is 0.0790. The van der Waals surface area contributed by atoms with E-state index in [1.165, 1.54) is 193 Å². The Morgan fingerprint density at radius 3 is 0.768 bits per heavy atom. The van der Waals surface area contributed by atoms with E-state index in [0.29, 0.717) is 19.3 Å². The van der Waals surface area contributed by atoms with Gasteiger partial charge in [-0.2, -0.15) is 0 Å². The van der Waals surface area contributed by atoms with Crippen molar-refractivity contribution < 1.29 is 28.6 Å². The highest BCUT2D eigenvalue weighted by Gasteiger charge is 2.19. The lowest BCUT2D eigenvalue weighted by Gasteiger charge is -2.18. The fourth-order valence-corrected chi connectivity index (χ4v) is 10.1. The average Bonchev–Trinajstić information content (AvgIpc) is 3.47. The van der Waals surface area contributed by atoms with Crippen molar-refractivity contribution in [1.82, 2.24) is 0 Å². The van der Waals surface area contributed by atoms with Crippen molar-refractivity contribution in [2.75, 3.05) is 13.2 Å². The van der Waals surface area contributed by atoms with Gasteiger partial charge in [0.25, 0.3) is 0 Å². The lowest BCUT2D eigenvalue weighted by atomic mass is 10.0. The minimum atomic E-state index is -0.785. The molecule has 0 aliphatic heterocycles. The second-order valence-electron chi connectivity index (χ2n) is 23.4. The van der Waals surface area contributed by atoms with E-state index >= 15 is 0 Å². The summed E-state index contributed by atoms with van der Waals surface area (Å²) in [4.78, 5) is 38.5. The molecule has 1 atom stereocenters. The fraction of sp³-hybridized carbons (Fsp3) is 0.750. The molecule has 0 heterocycles. The van der Waals surface area contributed by atoms with Gasteiger partial charge in [-0.1, -0.05) is 323 Å². The number of unbranched alkanes of at least 4 members (excludes halogenated alkanes) is 37. The smallest absolute Gasteiger partial charge is 0.306 e. The van der Waals surface area contributed by atoms with Crippen LogP contribution in [0.4, 0.5) is 0 Å². The third-order valence-corrected chi connectivity index (χ3v) is 15.3. The molecule has 82 heavy (non-hydrogen) atoms. The Hall–Kier alpha value is -3.67. The monoisotopic (exact) mass is 1140 g/mol. The van der Waals surface area contributed by atoms with Gasteiger partial charge in [-0.15, -0.1) is 0 Å². The summed E-state index contributed by atoms with van der Waals surface area (Å²) in [6.45, 7) is 6.54. The SMILES string of the molecule is CC/C=C\C/C=C\C/C=C\C/C=C\C/C=C\CCCCCCCCCCCCCCCC(=O)OCC(COC(=O)CCCCCCCCCCCCCCCCCC)OC(=O)CCCCCCCC/C=C\C/C=C\C/C=C\CCCCC. The normalized spacial score (nSPS) is 12.7. The molecule has 0 saturated heterocycles. The van der Waals surface area contributed by atoms with Crippen LogP contribution < -0.4 is 0 Å². The number of allylic oxidation sites excluding steroid dienone is 16. The number of ether oxygens (including phenoxy) is 3. The van der Waals surface area contributed by atoms with Gasteiger partial charge in [0.15, 0.2) is 6.10 Å². The summed E-state index contributed by atoms with van der Waals surface area (Å²) in [7, 11) is 0. The molecular weight excluding hydrogens is 1010 g/mol. The molecule has 0 aliphatic carbocycles. The van der Waals surface area contributed by atoms with E-state index in [1.54, 1.807) is 0 Å². The van der Waals surface area contributed by atoms with E-state index in [0.717, 1.165) is 116 Å². The third-order valence-electron chi connectivity index (χ3n) is 15.3. The Balaban J connectivity index is 4.31. The van der Waals surface area contributed by atoms with Crippen molar-refractivity contribution in [2.45, 2.75) is 354 Å². The van der Waals surface area contributed by atoms with Gasteiger partial charge in [0.1, 0.15) is 13.2 Å². The maximum absolute atomic E-state index is 12.9. The summed E-state index contributed by atoms with van der Waals surface area (Å²) in [5.41, 5.74) is 0.